The van der Waals surface area contributed by atoms with Crippen LogP contribution < -0.4 is 5.32 Å². The molecule has 3 aromatic rings. The van der Waals surface area contributed by atoms with E-state index in [4.69, 9.17) is 0 Å². The van der Waals surface area contributed by atoms with Crippen LogP contribution in [0.1, 0.15) is 31.9 Å². The lowest BCUT2D eigenvalue weighted by molar-refractivity contribution is 0.590. The van der Waals surface area contributed by atoms with Crippen molar-refractivity contribution in [3.8, 4) is 0 Å². The van der Waals surface area contributed by atoms with Crippen LogP contribution in [0.25, 0.3) is 10.9 Å². The van der Waals surface area contributed by atoms with Crippen LogP contribution in [-0.2, 0) is 12.0 Å². The van der Waals surface area contributed by atoms with Gasteiger partial charge in [0.25, 0.3) is 0 Å². The van der Waals surface area contributed by atoms with Gasteiger partial charge in [-0.15, -0.1) is 0 Å². The molecule has 0 aliphatic carbocycles. The van der Waals surface area contributed by atoms with Crippen LogP contribution in [0.3, 0.4) is 0 Å². The van der Waals surface area contributed by atoms with Gasteiger partial charge in [0.15, 0.2) is 0 Å². The summed E-state index contributed by atoms with van der Waals surface area (Å²) in [6.07, 6.45) is 1.60. The topological polar surface area (TPSA) is 37.8 Å². The van der Waals surface area contributed by atoms with Gasteiger partial charge in [-0.1, -0.05) is 57.2 Å². The summed E-state index contributed by atoms with van der Waals surface area (Å²) in [7, 11) is 0. The third kappa shape index (κ3) is 3.08. The van der Waals surface area contributed by atoms with Gasteiger partial charge in [0.2, 0.25) is 0 Å². The number of nitrogens with zero attached hydrogens (tertiary/aromatic N) is 2. The minimum absolute atomic E-state index is 0.189. The van der Waals surface area contributed by atoms with Gasteiger partial charge < -0.3 is 5.32 Å². The fourth-order valence-electron chi connectivity index (χ4n) is 2.45. The highest BCUT2D eigenvalue weighted by Gasteiger charge is 2.12. The molecule has 22 heavy (non-hydrogen) atoms. The zero-order valence-electron chi connectivity index (χ0n) is 13.3. The van der Waals surface area contributed by atoms with E-state index >= 15 is 0 Å². The molecule has 3 nitrogen and oxygen atoms in total. The second kappa shape index (κ2) is 5.76. The summed E-state index contributed by atoms with van der Waals surface area (Å²) < 4.78 is 0. The Kier molecular flexibility index (Phi) is 3.80. The van der Waals surface area contributed by atoms with Gasteiger partial charge in [0, 0.05) is 11.9 Å². The maximum atomic E-state index is 4.36. The first-order valence-corrected chi connectivity index (χ1v) is 7.57. The molecule has 0 fully saturated rings. The number of hydrogen-bond acceptors (Lipinski definition) is 3. The highest BCUT2D eigenvalue weighted by molar-refractivity contribution is 5.88. The second-order valence-corrected chi connectivity index (χ2v) is 6.54. The van der Waals surface area contributed by atoms with E-state index in [1.165, 1.54) is 11.1 Å². The maximum Gasteiger partial charge on any atom is 0.137 e. The molecule has 0 saturated carbocycles. The molecular formula is C19H21N3. The molecule has 112 valence electrons. The molecule has 1 N–H and O–H groups in total. The molecule has 0 unspecified atom stereocenters. The number of benzene rings is 2. The van der Waals surface area contributed by atoms with Gasteiger partial charge in [0.1, 0.15) is 12.1 Å². The minimum atomic E-state index is 0.189. The largest absolute Gasteiger partial charge is 0.365 e. The summed E-state index contributed by atoms with van der Waals surface area (Å²) in [4.78, 5) is 8.64. The molecule has 0 amide bonds. The third-order valence-corrected chi connectivity index (χ3v) is 3.82. The first kappa shape index (κ1) is 14.5. The number of rotatable bonds is 3. The number of hydrogen-bond donors (Lipinski definition) is 1. The Morgan fingerprint density at radius 2 is 1.64 bits per heavy atom. The molecule has 0 bridgehead atoms. The number of aromatic nitrogens is 2. The van der Waals surface area contributed by atoms with Gasteiger partial charge in [-0.25, -0.2) is 9.97 Å². The highest BCUT2D eigenvalue weighted by atomic mass is 15.0. The van der Waals surface area contributed by atoms with Crippen molar-refractivity contribution in [2.24, 2.45) is 0 Å². The summed E-state index contributed by atoms with van der Waals surface area (Å²) in [5, 5.41) is 4.46. The first-order valence-electron chi connectivity index (χ1n) is 7.57. The SMILES string of the molecule is CC(C)(C)c1ccc(CNc2ncnc3ccccc23)cc1. The first-order chi connectivity index (χ1) is 10.5. The number of fused-ring (bicyclic) bond motifs is 1. The zero-order valence-corrected chi connectivity index (χ0v) is 13.3. The molecule has 0 saturated heterocycles. The molecule has 3 heteroatoms. The van der Waals surface area contributed by atoms with Crippen LogP contribution in [0.15, 0.2) is 54.9 Å². The van der Waals surface area contributed by atoms with E-state index < -0.39 is 0 Å². The number of anilines is 1. The fraction of sp³-hybridized carbons (Fsp3) is 0.263. The predicted molar refractivity (Wildman–Crippen MR) is 92.0 cm³/mol. The van der Waals surface area contributed by atoms with E-state index in [1.54, 1.807) is 6.33 Å². The van der Waals surface area contributed by atoms with Gasteiger partial charge in [-0.2, -0.15) is 0 Å². The summed E-state index contributed by atoms with van der Waals surface area (Å²) in [5.74, 6) is 0.880. The highest BCUT2D eigenvalue weighted by Crippen LogP contribution is 2.23. The van der Waals surface area contributed by atoms with Crippen molar-refractivity contribution in [1.29, 1.82) is 0 Å². The van der Waals surface area contributed by atoms with Crippen LogP contribution >= 0.6 is 0 Å². The number of nitrogens with one attached hydrogen (secondary N) is 1. The Balaban J connectivity index is 1.77. The predicted octanol–water partition coefficient (Wildman–Crippen LogP) is 4.54. The van der Waals surface area contributed by atoms with Crippen molar-refractivity contribution < 1.29 is 0 Å². The van der Waals surface area contributed by atoms with E-state index in [1.807, 2.05) is 24.3 Å². The van der Waals surface area contributed by atoms with E-state index in [-0.39, 0.29) is 5.41 Å². The van der Waals surface area contributed by atoms with E-state index in [2.05, 4.69) is 60.3 Å². The molecule has 0 radical (unpaired) electrons. The summed E-state index contributed by atoms with van der Waals surface area (Å²) >= 11 is 0. The molecule has 2 aromatic carbocycles. The van der Waals surface area contributed by atoms with Crippen LogP contribution in [0, 0.1) is 0 Å². The van der Waals surface area contributed by atoms with Crippen molar-refractivity contribution in [3.05, 3.63) is 66.0 Å². The zero-order chi connectivity index (χ0) is 15.6. The van der Waals surface area contributed by atoms with Crippen molar-refractivity contribution in [2.45, 2.75) is 32.7 Å². The van der Waals surface area contributed by atoms with E-state index in [0.29, 0.717) is 0 Å². The lowest BCUT2D eigenvalue weighted by Gasteiger charge is -2.19. The monoisotopic (exact) mass is 291 g/mol. The Labute approximate surface area is 131 Å². The molecule has 1 aromatic heterocycles. The van der Waals surface area contributed by atoms with Crippen molar-refractivity contribution in [3.63, 3.8) is 0 Å². The quantitative estimate of drug-likeness (QED) is 0.770. The Hall–Kier alpha value is -2.42. The van der Waals surface area contributed by atoms with Crippen LogP contribution in [-0.4, -0.2) is 9.97 Å². The fourth-order valence-corrected chi connectivity index (χ4v) is 2.45. The number of para-hydroxylation sites is 1. The lowest BCUT2D eigenvalue weighted by Crippen LogP contribution is -2.11. The average molecular weight is 291 g/mol. The van der Waals surface area contributed by atoms with Gasteiger partial charge in [-0.3, -0.25) is 0 Å². The minimum Gasteiger partial charge on any atom is -0.365 e. The molecule has 3 rings (SSSR count). The van der Waals surface area contributed by atoms with Crippen molar-refractivity contribution >= 4 is 16.7 Å². The van der Waals surface area contributed by atoms with E-state index in [0.717, 1.165) is 23.3 Å². The molecule has 1 heterocycles. The van der Waals surface area contributed by atoms with E-state index in [9.17, 15) is 0 Å². The van der Waals surface area contributed by atoms with Crippen LogP contribution in [0.2, 0.25) is 0 Å². The molecule has 0 atom stereocenters. The van der Waals surface area contributed by atoms with Crippen molar-refractivity contribution in [2.75, 3.05) is 5.32 Å². The Morgan fingerprint density at radius 3 is 2.36 bits per heavy atom. The third-order valence-electron chi connectivity index (χ3n) is 3.82. The van der Waals surface area contributed by atoms with Gasteiger partial charge in [-0.05, 0) is 28.7 Å². The van der Waals surface area contributed by atoms with Crippen molar-refractivity contribution in [1.82, 2.24) is 9.97 Å². The van der Waals surface area contributed by atoms with Gasteiger partial charge >= 0.3 is 0 Å². The maximum absolute atomic E-state index is 4.36. The normalized spacial score (nSPS) is 11.6. The molecule has 0 aliphatic rings. The Morgan fingerprint density at radius 1 is 0.909 bits per heavy atom. The summed E-state index contributed by atoms with van der Waals surface area (Å²) in [6.45, 7) is 7.44. The average Bonchev–Trinajstić information content (AvgIpc) is 2.52. The van der Waals surface area contributed by atoms with Gasteiger partial charge in [0.05, 0.1) is 5.52 Å². The second-order valence-electron chi connectivity index (χ2n) is 6.54. The summed E-state index contributed by atoms with van der Waals surface area (Å²) in [6, 6.07) is 16.8. The summed E-state index contributed by atoms with van der Waals surface area (Å²) in [5.41, 5.74) is 3.75. The molecule has 0 spiro atoms. The molecular weight excluding hydrogens is 270 g/mol. The smallest absolute Gasteiger partial charge is 0.137 e. The molecule has 0 aliphatic heterocycles. The lowest BCUT2D eigenvalue weighted by atomic mass is 9.87. The Bertz CT molecular complexity index is 765. The van der Waals surface area contributed by atoms with Crippen LogP contribution in [0.4, 0.5) is 5.82 Å². The van der Waals surface area contributed by atoms with Crippen LogP contribution in [0.5, 0.6) is 0 Å². The standard InChI is InChI=1S/C19H21N3/c1-19(2,3)15-10-8-14(9-11-15)12-20-18-16-6-4-5-7-17(16)21-13-22-18/h4-11,13H,12H2,1-3H3,(H,20,21,22).